The summed E-state index contributed by atoms with van der Waals surface area (Å²) in [4.78, 5) is 27.6. The van der Waals surface area contributed by atoms with Crippen molar-refractivity contribution in [1.82, 2.24) is 9.80 Å². The number of hydrogen-bond donors (Lipinski definition) is 1. The highest BCUT2D eigenvalue weighted by molar-refractivity contribution is 5.84. The van der Waals surface area contributed by atoms with Gasteiger partial charge in [-0.2, -0.15) is 0 Å². The summed E-state index contributed by atoms with van der Waals surface area (Å²) in [6.45, 7) is 12.4. The Bertz CT molecular complexity index is 357. The number of amides is 1. The van der Waals surface area contributed by atoms with Crippen LogP contribution in [-0.4, -0.2) is 59.5 Å². The van der Waals surface area contributed by atoms with Crippen molar-refractivity contribution in [3.63, 3.8) is 0 Å². The molecule has 0 radical (unpaired) electrons. The number of nitrogens with zero attached hydrogens (tertiary/aromatic N) is 2. The zero-order valence-corrected chi connectivity index (χ0v) is 13.9. The molecule has 0 aromatic rings. The molecule has 1 rings (SSSR count). The van der Waals surface area contributed by atoms with Gasteiger partial charge in [0.05, 0.1) is 5.41 Å². The monoisotopic (exact) mass is 298 g/mol. The average molecular weight is 298 g/mol. The Labute approximate surface area is 128 Å². The Balaban J connectivity index is 2.42. The Hall–Kier alpha value is -1.10. The highest BCUT2D eigenvalue weighted by atomic mass is 16.4. The minimum atomic E-state index is -0.977. The van der Waals surface area contributed by atoms with E-state index in [2.05, 4.69) is 18.7 Å². The molecule has 122 valence electrons. The van der Waals surface area contributed by atoms with Crippen LogP contribution in [0.4, 0.5) is 0 Å². The van der Waals surface area contributed by atoms with E-state index in [1.165, 1.54) is 0 Å². The lowest BCUT2D eigenvalue weighted by atomic mass is 9.88. The predicted molar refractivity (Wildman–Crippen MR) is 83.1 cm³/mol. The first-order chi connectivity index (χ1) is 9.80. The van der Waals surface area contributed by atoms with E-state index in [9.17, 15) is 9.59 Å². The quantitative estimate of drug-likeness (QED) is 0.781. The van der Waals surface area contributed by atoms with E-state index in [1.807, 2.05) is 4.90 Å². The third kappa shape index (κ3) is 5.30. The summed E-state index contributed by atoms with van der Waals surface area (Å²) in [7, 11) is 0. The molecular formula is C16H30N2O3. The third-order valence-electron chi connectivity index (χ3n) is 4.55. The van der Waals surface area contributed by atoms with Gasteiger partial charge in [-0.05, 0) is 45.7 Å². The lowest BCUT2D eigenvalue weighted by molar-refractivity contribution is -0.151. The number of aliphatic carboxylic acids is 1. The molecule has 1 N–H and O–H groups in total. The Morgan fingerprint density at radius 1 is 1.19 bits per heavy atom. The third-order valence-corrected chi connectivity index (χ3v) is 4.55. The van der Waals surface area contributed by atoms with Gasteiger partial charge in [-0.1, -0.05) is 13.8 Å². The first-order valence-electron chi connectivity index (χ1n) is 8.03. The fourth-order valence-electron chi connectivity index (χ4n) is 2.78. The summed E-state index contributed by atoms with van der Waals surface area (Å²) >= 11 is 0. The van der Waals surface area contributed by atoms with Crippen LogP contribution in [0, 0.1) is 11.3 Å². The molecule has 5 nitrogen and oxygen atoms in total. The number of likely N-dealkylation sites (tertiary alicyclic amines) is 1. The summed E-state index contributed by atoms with van der Waals surface area (Å²) in [6, 6.07) is 0. The molecule has 0 atom stereocenters. The second kappa shape index (κ2) is 7.78. The Morgan fingerprint density at radius 2 is 1.71 bits per heavy atom. The van der Waals surface area contributed by atoms with Crippen molar-refractivity contribution >= 4 is 11.9 Å². The number of rotatable bonds is 7. The highest BCUT2D eigenvalue weighted by Gasteiger charge is 2.33. The summed E-state index contributed by atoms with van der Waals surface area (Å²) in [6.07, 6.45) is 2.13. The van der Waals surface area contributed by atoms with Gasteiger partial charge < -0.3 is 14.9 Å². The second-order valence-electron chi connectivity index (χ2n) is 6.68. The average Bonchev–Trinajstić information content (AvgIpc) is 2.44. The summed E-state index contributed by atoms with van der Waals surface area (Å²) in [5.41, 5.74) is -0.977. The van der Waals surface area contributed by atoms with Gasteiger partial charge in [0.1, 0.15) is 0 Å². The SMILES string of the molecule is CCN(CC)CC1CCN(C(=O)CC(C)(C)C(=O)O)CC1. The molecule has 0 unspecified atom stereocenters. The zero-order chi connectivity index (χ0) is 16.0. The number of carboxylic acid groups (broad SMARTS) is 1. The van der Waals surface area contributed by atoms with E-state index in [4.69, 9.17) is 5.11 Å². The minimum Gasteiger partial charge on any atom is -0.481 e. The van der Waals surface area contributed by atoms with Gasteiger partial charge in [0.2, 0.25) is 5.91 Å². The molecule has 5 heteroatoms. The molecule has 0 aromatic carbocycles. The van der Waals surface area contributed by atoms with Gasteiger partial charge in [-0.3, -0.25) is 9.59 Å². The van der Waals surface area contributed by atoms with E-state index >= 15 is 0 Å². The van der Waals surface area contributed by atoms with Crippen LogP contribution >= 0.6 is 0 Å². The number of piperidine rings is 1. The maximum Gasteiger partial charge on any atom is 0.309 e. The van der Waals surface area contributed by atoms with Crippen LogP contribution < -0.4 is 0 Å². The van der Waals surface area contributed by atoms with Crippen LogP contribution in [0.2, 0.25) is 0 Å². The van der Waals surface area contributed by atoms with Gasteiger partial charge in [-0.25, -0.2) is 0 Å². The van der Waals surface area contributed by atoms with E-state index in [1.54, 1.807) is 13.8 Å². The molecule has 1 aliphatic heterocycles. The Kier molecular flexibility index (Phi) is 6.65. The maximum atomic E-state index is 12.2. The van der Waals surface area contributed by atoms with E-state index in [-0.39, 0.29) is 12.3 Å². The number of carbonyl (C=O) groups is 2. The summed E-state index contributed by atoms with van der Waals surface area (Å²) < 4.78 is 0. The lowest BCUT2D eigenvalue weighted by Crippen LogP contribution is -2.43. The molecule has 0 aliphatic carbocycles. The molecule has 1 aliphatic rings. The number of carboxylic acids is 1. The topological polar surface area (TPSA) is 60.9 Å². The lowest BCUT2D eigenvalue weighted by Gasteiger charge is -2.35. The minimum absolute atomic E-state index is 0.0244. The normalized spacial score (nSPS) is 17.3. The second-order valence-corrected chi connectivity index (χ2v) is 6.68. The molecule has 1 fully saturated rings. The number of hydrogen-bond acceptors (Lipinski definition) is 3. The van der Waals surface area contributed by atoms with Gasteiger partial charge >= 0.3 is 5.97 Å². The van der Waals surface area contributed by atoms with Crippen LogP contribution in [0.25, 0.3) is 0 Å². The van der Waals surface area contributed by atoms with Gasteiger partial charge in [-0.15, -0.1) is 0 Å². The van der Waals surface area contributed by atoms with Gasteiger partial charge in [0.15, 0.2) is 0 Å². The summed E-state index contributed by atoms with van der Waals surface area (Å²) in [5, 5.41) is 9.11. The van der Waals surface area contributed by atoms with Crippen LogP contribution in [0.1, 0.15) is 47.0 Å². The summed E-state index contributed by atoms with van der Waals surface area (Å²) in [5.74, 6) is -0.280. The maximum absolute atomic E-state index is 12.2. The van der Waals surface area contributed by atoms with Crippen LogP contribution in [0.5, 0.6) is 0 Å². The standard InChI is InChI=1S/C16H30N2O3/c1-5-17(6-2)12-13-7-9-18(10-8-13)14(19)11-16(3,4)15(20)21/h13H,5-12H2,1-4H3,(H,20,21). The largest absolute Gasteiger partial charge is 0.481 e. The fraction of sp³-hybridized carbons (Fsp3) is 0.875. The highest BCUT2D eigenvalue weighted by Crippen LogP contribution is 2.24. The number of carbonyl (C=O) groups excluding carboxylic acids is 1. The van der Waals surface area contributed by atoms with E-state index in [0.717, 1.165) is 45.6 Å². The molecule has 0 aromatic heterocycles. The molecule has 1 saturated heterocycles. The molecule has 1 amide bonds. The van der Waals surface area contributed by atoms with Gasteiger partial charge in [0, 0.05) is 26.1 Å². The van der Waals surface area contributed by atoms with Gasteiger partial charge in [0.25, 0.3) is 0 Å². The van der Waals surface area contributed by atoms with Crippen molar-refractivity contribution in [2.75, 3.05) is 32.7 Å². The molecule has 21 heavy (non-hydrogen) atoms. The van der Waals surface area contributed by atoms with Crippen molar-refractivity contribution in [2.45, 2.75) is 47.0 Å². The predicted octanol–water partition coefficient (Wildman–Crippen LogP) is 2.07. The van der Waals surface area contributed by atoms with E-state index in [0.29, 0.717) is 5.92 Å². The molecule has 1 heterocycles. The Morgan fingerprint density at radius 3 is 2.14 bits per heavy atom. The van der Waals surface area contributed by atoms with Crippen molar-refractivity contribution in [3.8, 4) is 0 Å². The molecular weight excluding hydrogens is 268 g/mol. The van der Waals surface area contributed by atoms with Crippen molar-refractivity contribution in [1.29, 1.82) is 0 Å². The first-order valence-corrected chi connectivity index (χ1v) is 8.03. The van der Waals surface area contributed by atoms with Crippen LogP contribution in [-0.2, 0) is 9.59 Å². The van der Waals surface area contributed by atoms with Crippen molar-refractivity contribution in [2.24, 2.45) is 11.3 Å². The molecule has 0 bridgehead atoms. The fourth-order valence-corrected chi connectivity index (χ4v) is 2.78. The van der Waals surface area contributed by atoms with Crippen molar-refractivity contribution in [3.05, 3.63) is 0 Å². The van der Waals surface area contributed by atoms with E-state index < -0.39 is 11.4 Å². The zero-order valence-electron chi connectivity index (χ0n) is 13.9. The van der Waals surface area contributed by atoms with Crippen LogP contribution in [0.3, 0.4) is 0 Å². The first kappa shape index (κ1) is 18.0. The van der Waals surface area contributed by atoms with Crippen molar-refractivity contribution < 1.29 is 14.7 Å². The smallest absolute Gasteiger partial charge is 0.309 e. The van der Waals surface area contributed by atoms with Crippen LogP contribution in [0.15, 0.2) is 0 Å². The molecule has 0 saturated carbocycles. The molecule has 0 spiro atoms.